The molecular formula is C20H18N2O2. The van der Waals surface area contributed by atoms with Crippen molar-refractivity contribution in [3.05, 3.63) is 65.4 Å². The van der Waals surface area contributed by atoms with Gasteiger partial charge in [-0.2, -0.15) is 0 Å². The third-order valence-corrected chi connectivity index (χ3v) is 4.75. The predicted octanol–water partition coefficient (Wildman–Crippen LogP) is 3.50. The van der Waals surface area contributed by atoms with Crippen LogP contribution in [0.2, 0.25) is 0 Å². The number of rotatable bonds is 3. The highest BCUT2D eigenvalue weighted by molar-refractivity contribution is 6.49. The van der Waals surface area contributed by atoms with Crippen LogP contribution in [0.5, 0.6) is 0 Å². The van der Waals surface area contributed by atoms with Crippen LogP contribution in [0.1, 0.15) is 28.4 Å². The summed E-state index contributed by atoms with van der Waals surface area (Å²) in [6, 6.07) is 13.6. The fraction of sp³-hybridized carbons (Fsp3) is 0.200. The third kappa shape index (κ3) is 2.14. The monoisotopic (exact) mass is 318 g/mol. The zero-order valence-corrected chi connectivity index (χ0v) is 13.5. The molecule has 0 aliphatic carbocycles. The lowest BCUT2D eigenvalue weighted by Crippen LogP contribution is -2.35. The van der Waals surface area contributed by atoms with Crippen LogP contribution in [0.15, 0.2) is 48.7 Å². The van der Waals surface area contributed by atoms with E-state index < -0.39 is 11.7 Å². The van der Waals surface area contributed by atoms with Crippen LogP contribution in [-0.4, -0.2) is 23.2 Å². The topological polar surface area (TPSA) is 53.2 Å². The van der Waals surface area contributed by atoms with Crippen LogP contribution in [-0.2, 0) is 17.6 Å². The molecule has 0 saturated heterocycles. The van der Waals surface area contributed by atoms with Gasteiger partial charge in [-0.25, -0.2) is 0 Å². The fourth-order valence-electron chi connectivity index (χ4n) is 3.49. The number of hydrogen-bond donors (Lipinski definition) is 1. The summed E-state index contributed by atoms with van der Waals surface area (Å²) in [7, 11) is 0. The van der Waals surface area contributed by atoms with Gasteiger partial charge in [-0.3, -0.25) is 9.59 Å². The van der Waals surface area contributed by atoms with Crippen LogP contribution >= 0.6 is 0 Å². The lowest BCUT2D eigenvalue weighted by atomic mass is 10.0. The highest BCUT2D eigenvalue weighted by Gasteiger charge is 2.30. The van der Waals surface area contributed by atoms with E-state index in [9.17, 15) is 9.59 Å². The average molecular weight is 318 g/mol. The molecule has 0 spiro atoms. The van der Waals surface area contributed by atoms with E-state index in [1.807, 2.05) is 42.5 Å². The molecule has 0 bridgehead atoms. The van der Waals surface area contributed by atoms with E-state index in [1.54, 1.807) is 11.1 Å². The Balaban J connectivity index is 1.71. The molecule has 1 N–H and O–H groups in total. The largest absolute Gasteiger partial charge is 0.360 e. The number of Topliss-reactive ketones (excluding diaryl/α,β-unsaturated/α-hetero) is 1. The molecule has 0 fully saturated rings. The predicted molar refractivity (Wildman–Crippen MR) is 94.5 cm³/mol. The van der Waals surface area contributed by atoms with Crippen LogP contribution in [0.3, 0.4) is 0 Å². The number of para-hydroxylation sites is 2. The number of aromatic nitrogens is 1. The summed E-state index contributed by atoms with van der Waals surface area (Å²) in [5.41, 5.74) is 4.51. The Labute approximate surface area is 140 Å². The molecule has 4 rings (SSSR count). The van der Waals surface area contributed by atoms with Crippen molar-refractivity contribution in [3.63, 3.8) is 0 Å². The number of hydrogen-bond acceptors (Lipinski definition) is 2. The fourth-order valence-corrected chi connectivity index (χ4v) is 3.49. The first kappa shape index (κ1) is 14.7. The lowest BCUT2D eigenvalue weighted by Gasteiger charge is -2.16. The van der Waals surface area contributed by atoms with Crippen LogP contribution in [0.4, 0.5) is 5.69 Å². The third-order valence-electron chi connectivity index (χ3n) is 4.75. The molecule has 4 nitrogen and oxygen atoms in total. The molecule has 1 aliphatic heterocycles. The zero-order chi connectivity index (χ0) is 16.7. The number of H-pyrrole nitrogens is 1. The van der Waals surface area contributed by atoms with Crippen molar-refractivity contribution in [1.82, 2.24) is 4.98 Å². The van der Waals surface area contributed by atoms with Crippen molar-refractivity contribution >= 4 is 28.3 Å². The summed E-state index contributed by atoms with van der Waals surface area (Å²) in [5.74, 6) is -0.908. The van der Waals surface area contributed by atoms with E-state index in [0.29, 0.717) is 12.1 Å². The summed E-state index contributed by atoms with van der Waals surface area (Å²) < 4.78 is 0. The number of carbonyl (C=O) groups excluding carboxylic acids is 2. The number of anilines is 1. The molecule has 4 heteroatoms. The maximum atomic E-state index is 12.8. The summed E-state index contributed by atoms with van der Waals surface area (Å²) in [5, 5.41) is 0.820. The van der Waals surface area contributed by atoms with Crippen molar-refractivity contribution < 1.29 is 9.59 Å². The van der Waals surface area contributed by atoms with E-state index in [4.69, 9.17) is 0 Å². The standard InChI is InChI=1S/C20H18N2O2/c1-2-13-7-5-8-15-16(12-21-18(13)15)19(23)20(24)22-11-10-14-6-3-4-9-17(14)22/h3-9,12,21H,2,10-11H2,1H3. The number of carbonyl (C=O) groups is 2. The Morgan fingerprint density at radius 1 is 1.12 bits per heavy atom. The van der Waals surface area contributed by atoms with Gasteiger partial charge in [0.15, 0.2) is 0 Å². The molecule has 0 atom stereocenters. The Bertz CT molecular complexity index is 955. The van der Waals surface area contributed by atoms with Crippen LogP contribution < -0.4 is 4.90 Å². The SMILES string of the molecule is CCc1cccc2c(C(=O)C(=O)N3CCc4ccccc43)c[nH]c12. The van der Waals surface area contributed by atoms with Crippen molar-refractivity contribution in [2.45, 2.75) is 19.8 Å². The van der Waals surface area contributed by atoms with Crippen LogP contribution in [0, 0.1) is 0 Å². The van der Waals surface area contributed by atoms with E-state index in [-0.39, 0.29) is 0 Å². The molecular weight excluding hydrogens is 300 g/mol. The highest BCUT2D eigenvalue weighted by atomic mass is 16.2. The lowest BCUT2D eigenvalue weighted by molar-refractivity contribution is -0.114. The number of aryl methyl sites for hydroxylation is 1. The molecule has 0 unspecified atom stereocenters. The molecule has 0 radical (unpaired) electrons. The number of aromatic amines is 1. The maximum absolute atomic E-state index is 12.8. The Morgan fingerprint density at radius 2 is 1.96 bits per heavy atom. The van der Waals surface area contributed by atoms with Gasteiger partial charge in [-0.15, -0.1) is 0 Å². The first-order valence-electron chi connectivity index (χ1n) is 8.23. The summed E-state index contributed by atoms with van der Waals surface area (Å²) in [4.78, 5) is 30.3. The van der Waals surface area contributed by atoms with E-state index in [0.717, 1.165) is 40.6 Å². The molecule has 24 heavy (non-hydrogen) atoms. The van der Waals surface area contributed by atoms with Gasteiger partial charge in [0.1, 0.15) is 0 Å². The average Bonchev–Trinajstić information content (AvgIpc) is 3.24. The first-order chi connectivity index (χ1) is 11.7. The Morgan fingerprint density at radius 3 is 2.79 bits per heavy atom. The maximum Gasteiger partial charge on any atom is 0.299 e. The summed E-state index contributed by atoms with van der Waals surface area (Å²) in [6.07, 6.45) is 3.33. The van der Waals surface area contributed by atoms with Gasteiger partial charge >= 0.3 is 0 Å². The van der Waals surface area contributed by atoms with Gasteiger partial charge in [0.05, 0.1) is 5.56 Å². The summed E-state index contributed by atoms with van der Waals surface area (Å²) >= 11 is 0. The van der Waals surface area contributed by atoms with E-state index >= 15 is 0 Å². The minimum absolute atomic E-state index is 0.453. The number of fused-ring (bicyclic) bond motifs is 2. The van der Waals surface area contributed by atoms with Crippen LogP contribution in [0.25, 0.3) is 10.9 Å². The van der Waals surface area contributed by atoms with Crippen molar-refractivity contribution in [3.8, 4) is 0 Å². The molecule has 3 aromatic rings. The number of ketones is 1. The normalized spacial score (nSPS) is 13.3. The molecule has 1 aromatic heterocycles. The van der Waals surface area contributed by atoms with Gasteiger partial charge in [-0.05, 0) is 30.0 Å². The number of amides is 1. The van der Waals surface area contributed by atoms with Crippen molar-refractivity contribution in [2.24, 2.45) is 0 Å². The van der Waals surface area contributed by atoms with Gasteiger partial charge in [0, 0.05) is 29.3 Å². The van der Waals surface area contributed by atoms with E-state index in [1.165, 1.54) is 0 Å². The van der Waals surface area contributed by atoms with Gasteiger partial charge in [-0.1, -0.05) is 43.3 Å². The Kier molecular flexibility index (Phi) is 3.45. The number of nitrogens with zero attached hydrogens (tertiary/aromatic N) is 1. The molecule has 1 amide bonds. The molecule has 2 heterocycles. The minimum Gasteiger partial charge on any atom is -0.360 e. The quantitative estimate of drug-likeness (QED) is 0.593. The van der Waals surface area contributed by atoms with Crippen molar-refractivity contribution in [2.75, 3.05) is 11.4 Å². The highest BCUT2D eigenvalue weighted by Crippen LogP contribution is 2.29. The van der Waals surface area contributed by atoms with Crippen molar-refractivity contribution in [1.29, 1.82) is 0 Å². The molecule has 2 aromatic carbocycles. The molecule has 0 saturated carbocycles. The van der Waals surface area contributed by atoms with Gasteiger partial charge in [0.2, 0.25) is 0 Å². The second-order valence-corrected chi connectivity index (χ2v) is 6.06. The molecule has 120 valence electrons. The van der Waals surface area contributed by atoms with E-state index in [2.05, 4.69) is 11.9 Å². The Hall–Kier alpha value is -2.88. The summed E-state index contributed by atoms with van der Waals surface area (Å²) in [6.45, 7) is 2.63. The number of nitrogens with one attached hydrogen (secondary N) is 1. The van der Waals surface area contributed by atoms with Gasteiger partial charge in [0.25, 0.3) is 11.7 Å². The second-order valence-electron chi connectivity index (χ2n) is 6.06. The smallest absolute Gasteiger partial charge is 0.299 e. The first-order valence-corrected chi connectivity index (χ1v) is 8.23. The molecule has 1 aliphatic rings. The second kappa shape index (κ2) is 5.64. The zero-order valence-electron chi connectivity index (χ0n) is 13.5. The number of benzene rings is 2. The minimum atomic E-state index is -0.456. The van der Waals surface area contributed by atoms with Gasteiger partial charge < -0.3 is 9.88 Å².